The van der Waals surface area contributed by atoms with Gasteiger partial charge in [-0.05, 0) is 17.5 Å². The van der Waals surface area contributed by atoms with E-state index in [0.29, 0.717) is 4.57 Å². The van der Waals surface area contributed by atoms with E-state index in [-0.39, 0.29) is 0 Å². The third-order valence-electron chi connectivity index (χ3n) is 2.76. The Morgan fingerprint density at radius 3 is 2.95 bits per heavy atom. The van der Waals surface area contributed by atoms with Crippen molar-refractivity contribution in [3.8, 4) is 11.3 Å². The third kappa shape index (κ3) is 2.24. The molecule has 1 unspecified atom stereocenters. The van der Waals surface area contributed by atoms with Crippen LogP contribution in [0.3, 0.4) is 0 Å². The molecule has 1 aliphatic heterocycles. The first-order chi connectivity index (χ1) is 10.1. The summed E-state index contributed by atoms with van der Waals surface area (Å²) < 4.78 is 20.0. The van der Waals surface area contributed by atoms with Crippen LogP contribution in [-0.2, 0) is 4.74 Å². The van der Waals surface area contributed by atoms with Gasteiger partial charge in [-0.25, -0.2) is 9.59 Å². The van der Waals surface area contributed by atoms with Crippen LogP contribution in [0, 0.1) is 11.3 Å². The Kier molecular flexibility index (Phi) is 3.23. The molecule has 0 radical (unpaired) electrons. The van der Waals surface area contributed by atoms with Crippen molar-refractivity contribution in [2.75, 3.05) is 6.56 Å². The van der Waals surface area contributed by atoms with Gasteiger partial charge in [0.25, 0.3) is 0 Å². The Morgan fingerprint density at radius 1 is 1.70 bits per heavy atom. The number of rotatable bonds is 2. The number of hydrogen-bond donors (Lipinski definition) is 4. The number of ether oxygens (including phenoxy) is 1. The van der Waals surface area contributed by atoms with Crippen LogP contribution in [0.1, 0.15) is 8.97 Å². The van der Waals surface area contributed by atoms with Gasteiger partial charge in [0, 0.05) is 5.38 Å². The lowest BCUT2D eigenvalue weighted by atomic mass is 9.95. The SMILES string of the molecule is [2H]C([2H])(O)[C@H]1O[C@@H](n2cnc(=O)[nH]c2=O)C(O)(C#CCl)[C@H]1O. The molecular formula is C10H10ClN3O6. The minimum Gasteiger partial charge on any atom is -0.394 e. The maximum absolute atomic E-state index is 11.7. The second kappa shape index (κ2) is 5.35. The van der Waals surface area contributed by atoms with Crippen molar-refractivity contribution < 1.29 is 22.8 Å². The Hall–Kier alpha value is -1.70. The molecule has 2 heterocycles. The minimum atomic E-state index is -3.05. The standard InChI is InChI=1S/C10H10ClN3O6/c11-2-1-10(19)6(16)5(3-15)20-7(10)14-4-12-8(17)13-9(14)18/h4-7,15-16,19H,3H2,(H,13,17,18)/t5-,6+,7-,10?/m1/s1/i3D2. The van der Waals surface area contributed by atoms with Crippen molar-refractivity contribution in [2.24, 2.45) is 0 Å². The van der Waals surface area contributed by atoms with Gasteiger partial charge in [0.05, 0.1) is 9.30 Å². The lowest BCUT2D eigenvalue weighted by molar-refractivity contribution is -0.0770. The number of nitrogens with one attached hydrogen (secondary N) is 1. The number of halogens is 1. The molecule has 9 nitrogen and oxygen atoms in total. The molecular weight excluding hydrogens is 294 g/mol. The summed E-state index contributed by atoms with van der Waals surface area (Å²) in [5.74, 6) is 2.00. The highest BCUT2D eigenvalue weighted by Crippen LogP contribution is 2.37. The van der Waals surface area contributed by atoms with Gasteiger partial charge in [0.1, 0.15) is 18.5 Å². The van der Waals surface area contributed by atoms with Crippen molar-refractivity contribution in [3.05, 3.63) is 27.3 Å². The largest absolute Gasteiger partial charge is 0.394 e. The number of H-pyrrole nitrogens is 1. The molecule has 2 rings (SSSR count). The lowest BCUT2D eigenvalue weighted by Gasteiger charge is -2.25. The van der Waals surface area contributed by atoms with Crippen LogP contribution in [0.4, 0.5) is 0 Å². The molecule has 1 aromatic rings. The monoisotopic (exact) mass is 305 g/mol. The Balaban J connectivity index is 2.59. The van der Waals surface area contributed by atoms with Crippen molar-refractivity contribution in [2.45, 2.75) is 24.0 Å². The molecule has 0 aliphatic carbocycles. The zero-order valence-corrected chi connectivity index (χ0v) is 10.4. The van der Waals surface area contributed by atoms with Crippen molar-refractivity contribution in [1.82, 2.24) is 14.5 Å². The van der Waals surface area contributed by atoms with Crippen LogP contribution in [0.15, 0.2) is 15.9 Å². The topological polar surface area (TPSA) is 138 Å². The fourth-order valence-electron chi connectivity index (χ4n) is 1.81. The van der Waals surface area contributed by atoms with E-state index in [1.807, 2.05) is 5.92 Å². The fourth-order valence-corrected chi connectivity index (χ4v) is 1.96. The number of aliphatic hydroxyl groups excluding tert-OH is 1. The highest BCUT2D eigenvalue weighted by atomic mass is 35.5. The normalized spacial score (nSPS) is 34.9. The third-order valence-corrected chi connectivity index (χ3v) is 2.86. The van der Waals surface area contributed by atoms with E-state index in [1.165, 1.54) is 0 Å². The zero-order chi connectivity index (χ0) is 16.7. The average Bonchev–Trinajstić information content (AvgIpc) is 2.63. The Morgan fingerprint density at radius 2 is 2.40 bits per heavy atom. The van der Waals surface area contributed by atoms with Gasteiger partial charge in [-0.1, -0.05) is 0 Å². The van der Waals surface area contributed by atoms with Gasteiger partial charge in [-0.3, -0.25) is 9.55 Å². The summed E-state index contributed by atoms with van der Waals surface area (Å²) in [7, 11) is 0. The van der Waals surface area contributed by atoms with Gasteiger partial charge in [-0.2, -0.15) is 4.98 Å². The van der Waals surface area contributed by atoms with Crippen LogP contribution in [0.25, 0.3) is 0 Å². The molecule has 4 atom stereocenters. The Bertz CT molecular complexity index is 750. The van der Waals surface area contributed by atoms with E-state index in [4.69, 9.17) is 19.1 Å². The Labute approximate surface area is 119 Å². The van der Waals surface area contributed by atoms with E-state index in [0.717, 1.165) is 6.33 Å². The molecule has 0 saturated carbocycles. The van der Waals surface area contributed by atoms with Crippen LogP contribution in [0.2, 0.25) is 0 Å². The molecule has 0 aromatic carbocycles. The second-order valence-corrected chi connectivity index (χ2v) is 4.10. The predicted octanol–water partition coefficient (Wildman–Crippen LogP) is -2.89. The van der Waals surface area contributed by atoms with Crippen molar-refractivity contribution in [3.63, 3.8) is 0 Å². The first kappa shape index (κ1) is 12.1. The van der Waals surface area contributed by atoms with E-state index < -0.39 is 42.0 Å². The van der Waals surface area contributed by atoms with E-state index in [9.17, 15) is 24.9 Å². The van der Waals surface area contributed by atoms with Crippen molar-refractivity contribution >= 4 is 11.6 Å². The number of aromatic nitrogens is 3. The van der Waals surface area contributed by atoms with Crippen molar-refractivity contribution in [1.29, 1.82) is 0 Å². The maximum atomic E-state index is 11.7. The highest BCUT2D eigenvalue weighted by Gasteiger charge is 2.56. The van der Waals surface area contributed by atoms with Gasteiger partial charge < -0.3 is 20.1 Å². The summed E-state index contributed by atoms with van der Waals surface area (Å²) in [6.07, 6.45) is -5.02. The number of aliphatic hydroxyl groups is 3. The molecule has 108 valence electrons. The molecule has 0 spiro atoms. The highest BCUT2D eigenvalue weighted by molar-refractivity contribution is 6.30. The van der Waals surface area contributed by atoms with Crippen LogP contribution >= 0.6 is 11.6 Å². The first-order valence-corrected chi connectivity index (χ1v) is 5.57. The molecule has 10 heteroatoms. The summed E-state index contributed by atoms with van der Waals surface area (Å²) in [6, 6.07) is 0. The quantitative estimate of drug-likeness (QED) is 0.430. The second-order valence-electron chi connectivity index (χ2n) is 3.91. The fraction of sp³-hybridized carbons (Fsp3) is 0.500. The first-order valence-electron chi connectivity index (χ1n) is 6.20. The smallest absolute Gasteiger partial charge is 0.350 e. The molecule has 1 aliphatic rings. The zero-order valence-electron chi connectivity index (χ0n) is 11.6. The van der Waals surface area contributed by atoms with E-state index in [2.05, 4.69) is 4.98 Å². The van der Waals surface area contributed by atoms with Crippen LogP contribution < -0.4 is 11.4 Å². The molecule has 1 aromatic heterocycles. The van der Waals surface area contributed by atoms with E-state index >= 15 is 0 Å². The summed E-state index contributed by atoms with van der Waals surface area (Å²) in [4.78, 5) is 27.7. The summed E-state index contributed by atoms with van der Waals surface area (Å²) in [5, 5.41) is 31.6. The molecule has 0 bridgehead atoms. The summed E-state index contributed by atoms with van der Waals surface area (Å²) in [6.45, 7) is -3.05. The maximum Gasteiger partial charge on any atom is 0.350 e. The predicted molar refractivity (Wildman–Crippen MR) is 64.7 cm³/mol. The summed E-state index contributed by atoms with van der Waals surface area (Å²) >= 11 is 5.21. The van der Waals surface area contributed by atoms with Gasteiger partial charge in [0.15, 0.2) is 6.23 Å². The number of aromatic amines is 1. The average molecular weight is 306 g/mol. The number of hydrogen-bond acceptors (Lipinski definition) is 7. The van der Waals surface area contributed by atoms with E-state index in [1.54, 1.807) is 10.4 Å². The molecule has 4 N–H and O–H groups in total. The van der Waals surface area contributed by atoms with Crippen LogP contribution in [-0.4, -0.2) is 54.2 Å². The summed E-state index contributed by atoms with van der Waals surface area (Å²) in [5.41, 5.74) is -4.53. The van der Waals surface area contributed by atoms with Gasteiger partial charge in [-0.15, -0.1) is 0 Å². The van der Waals surface area contributed by atoms with Crippen LogP contribution in [0.5, 0.6) is 0 Å². The van der Waals surface area contributed by atoms with Gasteiger partial charge >= 0.3 is 11.4 Å². The lowest BCUT2D eigenvalue weighted by Crippen LogP contribution is -2.48. The number of nitrogens with zero attached hydrogens (tertiary/aromatic N) is 2. The minimum absolute atomic E-state index is 0.581. The molecule has 20 heavy (non-hydrogen) atoms. The molecule has 1 fully saturated rings. The molecule has 0 amide bonds. The van der Waals surface area contributed by atoms with Gasteiger partial charge in [0.2, 0.25) is 5.60 Å². The molecule has 1 saturated heterocycles.